The van der Waals surface area contributed by atoms with Crippen molar-refractivity contribution < 1.29 is 4.39 Å². The molecule has 1 heterocycles. The van der Waals surface area contributed by atoms with Crippen molar-refractivity contribution in [3.05, 3.63) is 76.6 Å². The first-order chi connectivity index (χ1) is 10.2. The molecule has 0 fully saturated rings. The molecule has 2 aromatic rings. The highest BCUT2D eigenvalue weighted by atomic mass is 35.5. The van der Waals surface area contributed by atoms with E-state index in [2.05, 4.69) is 29.6 Å². The molecule has 0 amide bonds. The molecule has 1 nitrogen and oxygen atoms in total. The lowest BCUT2D eigenvalue weighted by Crippen LogP contribution is -2.29. The third-order valence-electron chi connectivity index (χ3n) is 4.55. The molecular weight excluding hydrogens is 285 g/mol. The fourth-order valence-corrected chi connectivity index (χ4v) is 3.69. The van der Waals surface area contributed by atoms with Crippen molar-refractivity contribution in [2.24, 2.45) is 5.92 Å². The van der Waals surface area contributed by atoms with Gasteiger partial charge in [-0.25, -0.2) is 4.39 Å². The summed E-state index contributed by atoms with van der Waals surface area (Å²) in [7, 11) is 0. The molecule has 2 aromatic carbocycles. The minimum absolute atomic E-state index is 0.167. The lowest BCUT2D eigenvalue weighted by Gasteiger charge is -2.37. The van der Waals surface area contributed by atoms with Crippen molar-refractivity contribution in [3.8, 4) is 0 Å². The van der Waals surface area contributed by atoms with Gasteiger partial charge in [-0.3, -0.25) is 0 Å². The Kier molecular flexibility index (Phi) is 3.00. The van der Waals surface area contributed by atoms with Crippen LogP contribution in [0, 0.1) is 11.7 Å². The number of fused-ring (bicyclic) bond motifs is 3. The minimum Gasteiger partial charge on any atom is -0.378 e. The van der Waals surface area contributed by atoms with E-state index in [1.807, 2.05) is 18.2 Å². The van der Waals surface area contributed by atoms with Crippen molar-refractivity contribution in [3.63, 3.8) is 0 Å². The Morgan fingerprint density at radius 1 is 1.10 bits per heavy atom. The molecule has 3 atom stereocenters. The Morgan fingerprint density at radius 3 is 2.71 bits per heavy atom. The Morgan fingerprint density at radius 2 is 1.90 bits per heavy atom. The summed E-state index contributed by atoms with van der Waals surface area (Å²) in [5.41, 5.74) is 3.33. The van der Waals surface area contributed by atoms with Crippen LogP contribution in [0.2, 0.25) is 5.02 Å². The van der Waals surface area contributed by atoms with E-state index in [4.69, 9.17) is 11.6 Å². The van der Waals surface area contributed by atoms with Crippen molar-refractivity contribution in [1.82, 2.24) is 0 Å². The van der Waals surface area contributed by atoms with Crippen molar-refractivity contribution >= 4 is 17.3 Å². The molecule has 0 saturated carbocycles. The third kappa shape index (κ3) is 2.14. The normalized spacial score (nSPS) is 26.1. The third-order valence-corrected chi connectivity index (χ3v) is 4.81. The summed E-state index contributed by atoms with van der Waals surface area (Å²) >= 11 is 5.99. The second-order valence-corrected chi connectivity index (χ2v) is 6.20. The van der Waals surface area contributed by atoms with Gasteiger partial charge in [-0.1, -0.05) is 35.9 Å². The summed E-state index contributed by atoms with van der Waals surface area (Å²) in [4.78, 5) is 0. The van der Waals surface area contributed by atoms with Gasteiger partial charge in [0.25, 0.3) is 0 Å². The number of halogens is 2. The van der Waals surface area contributed by atoms with Crippen LogP contribution in [0.25, 0.3) is 0 Å². The van der Waals surface area contributed by atoms with E-state index in [0.29, 0.717) is 5.92 Å². The van der Waals surface area contributed by atoms with Crippen LogP contribution in [0.15, 0.2) is 54.6 Å². The highest BCUT2D eigenvalue weighted by Gasteiger charge is 2.37. The van der Waals surface area contributed by atoms with Crippen molar-refractivity contribution in [2.75, 3.05) is 5.32 Å². The van der Waals surface area contributed by atoms with Gasteiger partial charge >= 0.3 is 0 Å². The molecule has 21 heavy (non-hydrogen) atoms. The first-order valence-corrected chi connectivity index (χ1v) is 7.58. The average Bonchev–Trinajstić information content (AvgIpc) is 2.97. The number of rotatable bonds is 1. The highest BCUT2D eigenvalue weighted by molar-refractivity contribution is 6.30. The fourth-order valence-electron chi connectivity index (χ4n) is 3.57. The summed E-state index contributed by atoms with van der Waals surface area (Å²) in [5.74, 6) is 0.553. The molecule has 1 aliphatic carbocycles. The van der Waals surface area contributed by atoms with Gasteiger partial charge in [0.05, 0.1) is 6.04 Å². The monoisotopic (exact) mass is 299 g/mol. The second kappa shape index (κ2) is 4.88. The zero-order valence-corrected chi connectivity index (χ0v) is 12.1. The molecular formula is C18H15ClFN. The predicted molar refractivity (Wildman–Crippen MR) is 84.2 cm³/mol. The van der Waals surface area contributed by atoms with E-state index >= 15 is 0 Å². The van der Waals surface area contributed by atoms with Gasteiger partial charge < -0.3 is 5.32 Å². The van der Waals surface area contributed by atoms with Crippen LogP contribution in [0.5, 0.6) is 0 Å². The van der Waals surface area contributed by atoms with Crippen LogP contribution in [-0.4, -0.2) is 0 Å². The van der Waals surface area contributed by atoms with E-state index in [9.17, 15) is 4.39 Å². The zero-order valence-electron chi connectivity index (χ0n) is 11.4. The largest absolute Gasteiger partial charge is 0.378 e. The summed E-state index contributed by atoms with van der Waals surface area (Å²) in [5, 5.41) is 4.33. The topological polar surface area (TPSA) is 12.0 Å². The van der Waals surface area contributed by atoms with Crippen molar-refractivity contribution in [1.29, 1.82) is 0 Å². The van der Waals surface area contributed by atoms with Gasteiger partial charge in [-0.2, -0.15) is 0 Å². The summed E-state index contributed by atoms with van der Waals surface area (Å²) in [6.07, 6.45) is 5.44. The average molecular weight is 300 g/mol. The smallest absolute Gasteiger partial charge is 0.123 e. The molecule has 0 radical (unpaired) electrons. The van der Waals surface area contributed by atoms with E-state index in [0.717, 1.165) is 22.7 Å². The van der Waals surface area contributed by atoms with Crippen LogP contribution in [-0.2, 0) is 0 Å². The first kappa shape index (κ1) is 12.9. The quantitative estimate of drug-likeness (QED) is 0.704. The number of hydrogen-bond acceptors (Lipinski definition) is 1. The van der Waals surface area contributed by atoms with E-state index in [-0.39, 0.29) is 17.8 Å². The number of anilines is 1. The van der Waals surface area contributed by atoms with Gasteiger partial charge in [0, 0.05) is 16.6 Å². The van der Waals surface area contributed by atoms with Gasteiger partial charge in [-0.05, 0) is 53.8 Å². The van der Waals surface area contributed by atoms with E-state index in [1.165, 1.54) is 11.6 Å². The molecule has 2 aliphatic rings. The van der Waals surface area contributed by atoms with E-state index in [1.54, 1.807) is 6.07 Å². The molecule has 0 spiro atoms. The Labute approximate surface area is 128 Å². The standard InChI is InChI=1S/C18H15ClFN/c19-12-6-4-11(5-7-12)18-15-3-1-2-14(15)16-10-13(20)8-9-17(16)21-18/h1-2,4-10,14-15,18,21H,3H2/t14-,15+,18-/m0/s1. The maximum atomic E-state index is 13.5. The predicted octanol–water partition coefficient (Wildman–Crippen LogP) is 5.31. The maximum Gasteiger partial charge on any atom is 0.123 e. The van der Waals surface area contributed by atoms with Crippen LogP contribution >= 0.6 is 11.6 Å². The summed E-state index contributed by atoms with van der Waals surface area (Å²) in [6, 6.07) is 13.3. The molecule has 1 N–H and O–H groups in total. The van der Waals surface area contributed by atoms with Gasteiger partial charge in [0.15, 0.2) is 0 Å². The number of hydrogen-bond donors (Lipinski definition) is 1. The molecule has 4 rings (SSSR count). The van der Waals surface area contributed by atoms with Crippen LogP contribution < -0.4 is 5.32 Å². The molecule has 1 aliphatic heterocycles. The van der Waals surface area contributed by atoms with Crippen LogP contribution in [0.1, 0.15) is 29.5 Å². The molecule has 3 heteroatoms. The summed E-state index contributed by atoms with van der Waals surface area (Å²) < 4.78 is 13.5. The van der Waals surface area contributed by atoms with Gasteiger partial charge in [0.2, 0.25) is 0 Å². The molecule has 0 bridgehead atoms. The van der Waals surface area contributed by atoms with Gasteiger partial charge in [-0.15, -0.1) is 0 Å². The number of nitrogens with one attached hydrogen (secondary N) is 1. The number of allylic oxidation sites excluding steroid dienone is 2. The lowest BCUT2D eigenvalue weighted by atomic mass is 9.77. The highest BCUT2D eigenvalue weighted by Crippen LogP contribution is 2.49. The molecule has 106 valence electrons. The number of benzene rings is 2. The Bertz CT molecular complexity index is 708. The fraction of sp³-hybridized carbons (Fsp3) is 0.222. The minimum atomic E-state index is -0.167. The van der Waals surface area contributed by atoms with E-state index < -0.39 is 0 Å². The molecule has 0 unspecified atom stereocenters. The van der Waals surface area contributed by atoms with Crippen LogP contribution in [0.4, 0.5) is 10.1 Å². The van der Waals surface area contributed by atoms with Gasteiger partial charge in [0.1, 0.15) is 5.82 Å². The Hall–Kier alpha value is -1.80. The van der Waals surface area contributed by atoms with Crippen LogP contribution in [0.3, 0.4) is 0 Å². The zero-order chi connectivity index (χ0) is 14.4. The molecule has 0 aromatic heterocycles. The van der Waals surface area contributed by atoms with Crippen molar-refractivity contribution in [2.45, 2.75) is 18.4 Å². The maximum absolute atomic E-state index is 13.5. The lowest BCUT2D eigenvalue weighted by molar-refractivity contribution is 0.424. The Balaban J connectivity index is 1.78. The first-order valence-electron chi connectivity index (χ1n) is 7.20. The molecule has 0 saturated heterocycles. The SMILES string of the molecule is Fc1ccc2c(c1)[C@H]1C=CC[C@H]1[C@H](c1ccc(Cl)cc1)N2. The summed E-state index contributed by atoms with van der Waals surface area (Å²) in [6.45, 7) is 0. The second-order valence-electron chi connectivity index (χ2n) is 5.76.